The number of carboxylic acid groups (broad SMARTS) is 1. The van der Waals surface area contributed by atoms with Crippen LogP contribution in [0.3, 0.4) is 0 Å². The molecule has 0 aliphatic carbocycles. The fourth-order valence-electron chi connectivity index (χ4n) is 1.36. The molecule has 1 aromatic rings. The Kier molecular flexibility index (Phi) is 3.25. The lowest BCUT2D eigenvalue weighted by Gasteiger charge is -2.10. The normalized spacial score (nSPS) is 10.6. The van der Waals surface area contributed by atoms with Crippen LogP contribution in [0.25, 0.3) is 0 Å². The van der Waals surface area contributed by atoms with Crippen LogP contribution in [0, 0.1) is 6.92 Å². The van der Waals surface area contributed by atoms with Crippen molar-refractivity contribution in [1.82, 2.24) is 4.90 Å². The molecule has 0 spiro atoms. The van der Waals surface area contributed by atoms with Crippen molar-refractivity contribution in [2.24, 2.45) is 0 Å². The molecule has 0 aromatic heterocycles. The van der Waals surface area contributed by atoms with Gasteiger partial charge in [0.2, 0.25) is 0 Å². The third kappa shape index (κ3) is 2.57. The number of hydrogen-bond donors (Lipinski definition) is 1. The molecule has 0 aliphatic rings. The SMILES string of the molecule is Cc1ccc(CN(C)C)cc1C(=O)O. The molecule has 76 valence electrons. The molecule has 0 bridgehead atoms. The van der Waals surface area contributed by atoms with E-state index in [2.05, 4.69) is 0 Å². The van der Waals surface area contributed by atoms with E-state index in [0.29, 0.717) is 5.56 Å². The van der Waals surface area contributed by atoms with Gasteiger partial charge in [0.15, 0.2) is 0 Å². The van der Waals surface area contributed by atoms with Crippen LogP contribution in [-0.4, -0.2) is 30.1 Å². The van der Waals surface area contributed by atoms with E-state index >= 15 is 0 Å². The van der Waals surface area contributed by atoms with Crippen LogP contribution < -0.4 is 0 Å². The molecule has 0 fully saturated rings. The van der Waals surface area contributed by atoms with E-state index in [1.165, 1.54) is 0 Å². The summed E-state index contributed by atoms with van der Waals surface area (Å²) in [6.45, 7) is 2.57. The van der Waals surface area contributed by atoms with Crippen LogP contribution in [0.4, 0.5) is 0 Å². The Morgan fingerprint density at radius 1 is 1.43 bits per heavy atom. The molecule has 0 saturated carbocycles. The maximum atomic E-state index is 10.8. The van der Waals surface area contributed by atoms with E-state index in [9.17, 15) is 4.79 Å². The smallest absolute Gasteiger partial charge is 0.335 e. The van der Waals surface area contributed by atoms with Gasteiger partial charge in [-0.3, -0.25) is 0 Å². The van der Waals surface area contributed by atoms with E-state index in [1.807, 2.05) is 38.1 Å². The number of hydrogen-bond acceptors (Lipinski definition) is 2. The van der Waals surface area contributed by atoms with Gasteiger partial charge in [0.05, 0.1) is 5.56 Å². The summed E-state index contributed by atoms with van der Waals surface area (Å²) in [6, 6.07) is 5.54. The first kappa shape index (κ1) is 10.7. The summed E-state index contributed by atoms with van der Waals surface area (Å²) in [7, 11) is 3.92. The highest BCUT2D eigenvalue weighted by atomic mass is 16.4. The minimum atomic E-state index is -0.858. The van der Waals surface area contributed by atoms with E-state index in [4.69, 9.17) is 5.11 Å². The summed E-state index contributed by atoms with van der Waals surface area (Å²) in [4.78, 5) is 12.9. The second kappa shape index (κ2) is 4.24. The van der Waals surface area contributed by atoms with Crippen LogP contribution in [0.5, 0.6) is 0 Å². The molecule has 3 nitrogen and oxygen atoms in total. The fraction of sp³-hybridized carbons (Fsp3) is 0.364. The molecule has 14 heavy (non-hydrogen) atoms. The third-order valence-corrected chi connectivity index (χ3v) is 2.03. The summed E-state index contributed by atoms with van der Waals surface area (Å²) in [6.07, 6.45) is 0. The number of aromatic carboxylic acids is 1. The van der Waals surface area contributed by atoms with E-state index in [-0.39, 0.29) is 0 Å². The predicted octanol–water partition coefficient (Wildman–Crippen LogP) is 1.75. The van der Waals surface area contributed by atoms with E-state index in [0.717, 1.165) is 17.7 Å². The number of benzene rings is 1. The van der Waals surface area contributed by atoms with E-state index < -0.39 is 5.97 Å². The molecule has 1 rings (SSSR count). The van der Waals surface area contributed by atoms with Gasteiger partial charge in [0.25, 0.3) is 0 Å². The topological polar surface area (TPSA) is 40.5 Å². The van der Waals surface area contributed by atoms with Gasteiger partial charge in [-0.1, -0.05) is 12.1 Å². The van der Waals surface area contributed by atoms with Gasteiger partial charge in [-0.15, -0.1) is 0 Å². The zero-order chi connectivity index (χ0) is 10.7. The van der Waals surface area contributed by atoms with Crippen molar-refractivity contribution in [3.8, 4) is 0 Å². The number of carbonyl (C=O) groups is 1. The van der Waals surface area contributed by atoms with Crippen LogP contribution in [0.1, 0.15) is 21.5 Å². The van der Waals surface area contributed by atoms with Crippen LogP contribution in [-0.2, 0) is 6.54 Å². The molecule has 0 atom stereocenters. The van der Waals surface area contributed by atoms with Gasteiger partial charge in [0.1, 0.15) is 0 Å². The summed E-state index contributed by atoms with van der Waals surface area (Å²) in [5.41, 5.74) is 2.22. The van der Waals surface area contributed by atoms with Crippen molar-refractivity contribution < 1.29 is 9.90 Å². The van der Waals surface area contributed by atoms with Crippen molar-refractivity contribution in [2.45, 2.75) is 13.5 Å². The average Bonchev–Trinajstić information content (AvgIpc) is 2.07. The molecule has 0 unspecified atom stereocenters. The van der Waals surface area contributed by atoms with Crippen molar-refractivity contribution in [3.63, 3.8) is 0 Å². The number of nitrogens with zero attached hydrogens (tertiary/aromatic N) is 1. The van der Waals surface area contributed by atoms with Crippen molar-refractivity contribution in [3.05, 3.63) is 34.9 Å². The van der Waals surface area contributed by atoms with Gasteiger partial charge < -0.3 is 10.0 Å². The lowest BCUT2D eigenvalue weighted by Crippen LogP contribution is -2.11. The Balaban J connectivity index is 3.00. The largest absolute Gasteiger partial charge is 0.478 e. The molecule has 3 heteroatoms. The van der Waals surface area contributed by atoms with Crippen molar-refractivity contribution in [2.75, 3.05) is 14.1 Å². The monoisotopic (exact) mass is 193 g/mol. The Morgan fingerprint density at radius 2 is 2.07 bits per heavy atom. The molecule has 1 aromatic carbocycles. The molecule has 0 saturated heterocycles. The minimum absolute atomic E-state index is 0.393. The Labute approximate surface area is 84.0 Å². The first-order chi connectivity index (χ1) is 6.50. The van der Waals surface area contributed by atoms with Crippen LogP contribution in [0.15, 0.2) is 18.2 Å². The van der Waals surface area contributed by atoms with Crippen LogP contribution in [0.2, 0.25) is 0 Å². The van der Waals surface area contributed by atoms with Gasteiger partial charge in [-0.2, -0.15) is 0 Å². The highest BCUT2D eigenvalue weighted by Gasteiger charge is 2.07. The third-order valence-electron chi connectivity index (χ3n) is 2.03. The zero-order valence-electron chi connectivity index (χ0n) is 8.74. The van der Waals surface area contributed by atoms with Crippen molar-refractivity contribution in [1.29, 1.82) is 0 Å². The van der Waals surface area contributed by atoms with Gasteiger partial charge >= 0.3 is 5.97 Å². The summed E-state index contributed by atoms with van der Waals surface area (Å²) in [5, 5.41) is 8.91. The second-order valence-electron chi connectivity index (χ2n) is 3.69. The second-order valence-corrected chi connectivity index (χ2v) is 3.69. The lowest BCUT2D eigenvalue weighted by atomic mass is 10.1. The van der Waals surface area contributed by atoms with Gasteiger partial charge in [0, 0.05) is 6.54 Å². The molecule has 0 amide bonds. The summed E-state index contributed by atoms with van der Waals surface area (Å²) >= 11 is 0. The van der Waals surface area contributed by atoms with Crippen LogP contribution >= 0.6 is 0 Å². The first-order valence-electron chi connectivity index (χ1n) is 4.48. The molecular formula is C11H15NO2. The molecular weight excluding hydrogens is 178 g/mol. The predicted molar refractivity (Wildman–Crippen MR) is 55.5 cm³/mol. The first-order valence-corrected chi connectivity index (χ1v) is 4.48. The number of rotatable bonds is 3. The highest BCUT2D eigenvalue weighted by Crippen LogP contribution is 2.12. The summed E-state index contributed by atoms with van der Waals surface area (Å²) < 4.78 is 0. The molecule has 0 radical (unpaired) electrons. The molecule has 0 heterocycles. The minimum Gasteiger partial charge on any atom is -0.478 e. The van der Waals surface area contributed by atoms with Gasteiger partial charge in [-0.25, -0.2) is 4.79 Å². The number of carboxylic acids is 1. The standard InChI is InChI=1S/C11H15NO2/c1-8-4-5-9(7-12(2)3)6-10(8)11(13)14/h4-6H,7H2,1-3H3,(H,13,14). The zero-order valence-corrected chi connectivity index (χ0v) is 8.74. The molecule has 0 aliphatic heterocycles. The quantitative estimate of drug-likeness (QED) is 0.795. The van der Waals surface area contributed by atoms with E-state index in [1.54, 1.807) is 6.07 Å². The number of aryl methyl sites for hydroxylation is 1. The highest BCUT2D eigenvalue weighted by molar-refractivity contribution is 5.89. The van der Waals surface area contributed by atoms with Crippen molar-refractivity contribution >= 4 is 5.97 Å². The Hall–Kier alpha value is -1.35. The van der Waals surface area contributed by atoms with Gasteiger partial charge in [-0.05, 0) is 38.2 Å². The fourth-order valence-corrected chi connectivity index (χ4v) is 1.36. The maximum Gasteiger partial charge on any atom is 0.335 e. The summed E-state index contributed by atoms with van der Waals surface area (Å²) in [5.74, 6) is -0.858. The maximum absolute atomic E-state index is 10.8. The average molecular weight is 193 g/mol. The lowest BCUT2D eigenvalue weighted by molar-refractivity contribution is 0.0696. The Bertz CT molecular complexity index is 345. The molecule has 1 N–H and O–H groups in total. The Morgan fingerprint density at radius 3 is 2.57 bits per heavy atom.